The van der Waals surface area contributed by atoms with Crippen molar-refractivity contribution in [3.8, 4) is 11.5 Å². The summed E-state index contributed by atoms with van der Waals surface area (Å²) in [6.07, 6.45) is 0.260. The largest absolute Gasteiger partial charge is 0.496 e. The van der Waals surface area contributed by atoms with E-state index in [0.29, 0.717) is 12.4 Å². The third-order valence-electron chi connectivity index (χ3n) is 3.90. The normalized spacial score (nSPS) is 11.8. The number of nitrogens with two attached hydrogens (primary N) is 1. The number of methoxy groups -OCH3 is 1. The maximum atomic E-state index is 10.9. The average molecular weight is 329 g/mol. The fourth-order valence-corrected chi connectivity index (χ4v) is 2.59. The fourth-order valence-electron chi connectivity index (χ4n) is 2.59. The zero-order chi connectivity index (χ0) is 17.7. The Morgan fingerprint density at radius 3 is 2.46 bits per heavy atom. The summed E-state index contributed by atoms with van der Waals surface area (Å²) in [6, 6.07) is 10.6. The molecule has 1 unspecified atom stereocenters. The smallest absolute Gasteiger partial charge is 0.320 e. The van der Waals surface area contributed by atoms with E-state index in [0.717, 1.165) is 28.0 Å². The van der Waals surface area contributed by atoms with Crippen molar-refractivity contribution in [2.75, 3.05) is 7.11 Å². The summed E-state index contributed by atoms with van der Waals surface area (Å²) in [7, 11) is 1.60. The van der Waals surface area contributed by atoms with Crippen LogP contribution in [0.5, 0.6) is 11.5 Å². The van der Waals surface area contributed by atoms with Crippen LogP contribution in [0.25, 0.3) is 0 Å². The molecule has 3 N–H and O–H groups in total. The first-order chi connectivity index (χ1) is 11.4. The molecule has 0 aromatic heterocycles. The molecule has 2 rings (SSSR count). The topological polar surface area (TPSA) is 81.8 Å². The Bertz CT molecular complexity index is 707. The van der Waals surface area contributed by atoms with Gasteiger partial charge in [0.15, 0.2) is 0 Å². The van der Waals surface area contributed by atoms with Crippen LogP contribution in [0.15, 0.2) is 36.4 Å². The van der Waals surface area contributed by atoms with E-state index in [1.165, 1.54) is 0 Å². The van der Waals surface area contributed by atoms with Crippen LogP contribution in [0, 0.1) is 13.8 Å². The van der Waals surface area contributed by atoms with Crippen molar-refractivity contribution in [1.82, 2.24) is 0 Å². The molecule has 0 aliphatic carbocycles. The number of carbonyl (C=O) groups is 1. The minimum Gasteiger partial charge on any atom is -0.496 e. The fraction of sp³-hybridized carbons (Fsp3) is 0.316. The molecule has 0 fully saturated rings. The highest BCUT2D eigenvalue weighted by molar-refractivity contribution is 5.73. The lowest BCUT2D eigenvalue weighted by atomic mass is 10.0. The van der Waals surface area contributed by atoms with Crippen LogP contribution in [-0.4, -0.2) is 24.2 Å². The maximum absolute atomic E-state index is 10.9. The first-order valence-corrected chi connectivity index (χ1v) is 7.75. The van der Waals surface area contributed by atoms with Crippen molar-refractivity contribution < 1.29 is 19.4 Å². The number of hydrogen-bond acceptors (Lipinski definition) is 4. The van der Waals surface area contributed by atoms with Gasteiger partial charge in [-0.25, -0.2) is 0 Å². The molecule has 0 saturated carbocycles. The molecule has 0 aliphatic heterocycles. The molecule has 5 heteroatoms. The van der Waals surface area contributed by atoms with Gasteiger partial charge in [0.25, 0.3) is 0 Å². The molecule has 2 aromatic rings. The predicted molar refractivity (Wildman–Crippen MR) is 92.6 cm³/mol. The van der Waals surface area contributed by atoms with Gasteiger partial charge in [-0.1, -0.05) is 24.3 Å². The molecule has 0 aliphatic rings. The molecule has 0 radical (unpaired) electrons. The molecule has 0 heterocycles. The summed E-state index contributed by atoms with van der Waals surface area (Å²) in [6.45, 7) is 4.34. The highest BCUT2D eigenvalue weighted by atomic mass is 16.5. The second kappa shape index (κ2) is 7.84. The van der Waals surface area contributed by atoms with E-state index in [4.69, 9.17) is 20.3 Å². The third kappa shape index (κ3) is 4.26. The van der Waals surface area contributed by atoms with Gasteiger partial charge in [-0.2, -0.15) is 0 Å². The molecular formula is C19H23NO4. The number of carboxylic acid groups (broad SMARTS) is 1. The minimum atomic E-state index is -1.01. The van der Waals surface area contributed by atoms with Gasteiger partial charge in [-0.05, 0) is 49.1 Å². The van der Waals surface area contributed by atoms with Crippen LogP contribution in [0.2, 0.25) is 0 Å². The Morgan fingerprint density at radius 1 is 1.21 bits per heavy atom. The van der Waals surface area contributed by atoms with Gasteiger partial charge in [-0.3, -0.25) is 4.79 Å². The Kier molecular flexibility index (Phi) is 5.82. The SMILES string of the molecule is COc1ccc(CC(N)C(=O)O)cc1COc1c(C)cccc1C. The lowest BCUT2D eigenvalue weighted by Crippen LogP contribution is -2.32. The first kappa shape index (κ1) is 17.8. The number of benzene rings is 2. The maximum Gasteiger partial charge on any atom is 0.320 e. The molecule has 24 heavy (non-hydrogen) atoms. The second-order valence-electron chi connectivity index (χ2n) is 5.80. The number of aryl methyl sites for hydroxylation is 2. The Hall–Kier alpha value is -2.53. The van der Waals surface area contributed by atoms with Gasteiger partial charge in [0, 0.05) is 5.56 Å². The summed E-state index contributed by atoms with van der Waals surface area (Å²) in [5, 5.41) is 8.95. The van der Waals surface area contributed by atoms with E-state index in [2.05, 4.69) is 0 Å². The van der Waals surface area contributed by atoms with Crippen molar-refractivity contribution in [1.29, 1.82) is 0 Å². The second-order valence-corrected chi connectivity index (χ2v) is 5.80. The van der Waals surface area contributed by atoms with Crippen LogP contribution in [0.4, 0.5) is 0 Å². The van der Waals surface area contributed by atoms with Crippen LogP contribution >= 0.6 is 0 Å². The lowest BCUT2D eigenvalue weighted by Gasteiger charge is -2.15. The molecule has 5 nitrogen and oxygen atoms in total. The molecular weight excluding hydrogens is 306 g/mol. The summed E-state index contributed by atoms with van der Waals surface area (Å²) >= 11 is 0. The Labute approximate surface area is 142 Å². The van der Waals surface area contributed by atoms with Crippen LogP contribution in [0.1, 0.15) is 22.3 Å². The van der Waals surface area contributed by atoms with Gasteiger partial charge >= 0.3 is 5.97 Å². The van der Waals surface area contributed by atoms with Gasteiger partial charge in [0.05, 0.1) is 7.11 Å². The van der Waals surface area contributed by atoms with E-state index in [9.17, 15) is 4.79 Å². The molecule has 0 amide bonds. The first-order valence-electron chi connectivity index (χ1n) is 7.75. The van der Waals surface area contributed by atoms with Gasteiger partial charge in [-0.15, -0.1) is 0 Å². The van der Waals surface area contributed by atoms with E-state index >= 15 is 0 Å². The lowest BCUT2D eigenvalue weighted by molar-refractivity contribution is -0.138. The summed E-state index contributed by atoms with van der Waals surface area (Å²) < 4.78 is 11.4. The van der Waals surface area contributed by atoms with E-state index < -0.39 is 12.0 Å². The van der Waals surface area contributed by atoms with Crippen LogP contribution in [0.3, 0.4) is 0 Å². The quantitative estimate of drug-likeness (QED) is 0.816. The number of hydrogen-bond donors (Lipinski definition) is 2. The monoisotopic (exact) mass is 329 g/mol. The summed E-state index contributed by atoms with van der Waals surface area (Å²) in [5.41, 5.74) is 9.44. The van der Waals surface area contributed by atoms with Gasteiger partial charge in [0.2, 0.25) is 0 Å². The van der Waals surface area contributed by atoms with Gasteiger partial charge in [0.1, 0.15) is 24.1 Å². The zero-order valence-electron chi connectivity index (χ0n) is 14.2. The van der Waals surface area contributed by atoms with Crippen molar-refractivity contribution >= 4 is 5.97 Å². The van der Waals surface area contributed by atoms with Crippen LogP contribution in [-0.2, 0) is 17.8 Å². The highest BCUT2D eigenvalue weighted by Crippen LogP contribution is 2.26. The zero-order valence-corrected chi connectivity index (χ0v) is 14.2. The van der Waals surface area contributed by atoms with Crippen molar-refractivity contribution in [2.45, 2.75) is 32.9 Å². The van der Waals surface area contributed by atoms with Crippen molar-refractivity contribution in [2.24, 2.45) is 5.73 Å². The van der Waals surface area contributed by atoms with Crippen molar-refractivity contribution in [3.63, 3.8) is 0 Å². The molecule has 0 bridgehead atoms. The van der Waals surface area contributed by atoms with Crippen LogP contribution < -0.4 is 15.2 Å². The Morgan fingerprint density at radius 2 is 1.88 bits per heavy atom. The predicted octanol–water partition coefficient (Wildman–Crippen LogP) is 2.85. The summed E-state index contributed by atoms with van der Waals surface area (Å²) in [4.78, 5) is 10.9. The number of carboxylic acids is 1. The standard InChI is InChI=1S/C19H23NO4/c1-12-5-4-6-13(2)18(12)24-11-15-9-14(7-8-17(15)23-3)10-16(20)19(21)22/h4-9,16H,10-11,20H2,1-3H3,(H,21,22). The Balaban J connectivity index is 2.20. The van der Waals surface area contributed by atoms with Crippen molar-refractivity contribution in [3.05, 3.63) is 58.7 Å². The summed E-state index contributed by atoms with van der Waals surface area (Å²) in [5.74, 6) is 0.542. The van der Waals surface area contributed by atoms with Gasteiger partial charge < -0.3 is 20.3 Å². The molecule has 128 valence electrons. The third-order valence-corrected chi connectivity index (χ3v) is 3.90. The molecule has 0 spiro atoms. The number of aliphatic carboxylic acids is 1. The molecule has 0 saturated heterocycles. The highest BCUT2D eigenvalue weighted by Gasteiger charge is 2.14. The average Bonchev–Trinajstić information content (AvgIpc) is 2.54. The number of rotatable bonds is 7. The van der Waals surface area contributed by atoms with E-state index in [-0.39, 0.29) is 6.42 Å². The number of ether oxygens (including phenoxy) is 2. The minimum absolute atomic E-state index is 0.260. The van der Waals surface area contributed by atoms with E-state index in [1.54, 1.807) is 7.11 Å². The molecule has 1 atom stereocenters. The molecule has 2 aromatic carbocycles. The number of para-hydroxylation sites is 1. The van der Waals surface area contributed by atoms with E-state index in [1.807, 2.05) is 50.2 Å².